The molecule has 0 aromatic heterocycles. The molecular weight excluding hydrogens is 439 g/mol. The number of likely N-dealkylation sites (tertiary alicyclic amines) is 1. The molecule has 1 amide bonds. The zero-order chi connectivity index (χ0) is 23.0. The molecular formula is C27H28ClFN2O2. The van der Waals surface area contributed by atoms with Crippen LogP contribution >= 0.6 is 11.6 Å². The Balaban J connectivity index is 1.32. The van der Waals surface area contributed by atoms with Gasteiger partial charge in [0.2, 0.25) is 5.91 Å². The van der Waals surface area contributed by atoms with E-state index in [1.165, 1.54) is 12.1 Å². The predicted molar refractivity (Wildman–Crippen MR) is 129 cm³/mol. The summed E-state index contributed by atoms with van der Waals surface area (Å²) in [6, 6.07) is 23.1. The summed E-state index contributed by atoms with van der Waals surface area (Å²) >= 11 is 6.04. The van der Waals surface area contributed by atoms with Gasteiger partial charge in [-0.3, -0.25) is 9.69 Å². The maximum absolute atomic E-state index is 13.5. The summed E-state index contributed by atoms with van der Waals surface area (Å²) in [6.07, 6.45) is 1.60. The number of carbonyl (C=O) groups is 1. The zero-order valence-corrected chi connectivity index (χ0v) is 19.2. The van der Waals surface area contributed by atoms with E-state index in [2.05, 4.69) is 10.2 Å². The first-order valence-corrected chi connectivity index (χ1v) is 11.7. The van der Waals surface area contributed by atoms with Crippen LogP contribution in [0.4, 0.5) is 4.39 Å². The van der Waals surface area contributed by atoms with Crippen LogP contribution in [-0.2, 0) is 4.79 Å². The van der Waals surface area contributed by atoms with Gasteiger partial charge in [0.1, 0.15) is 18.2 Å². The molecule has 1 atom stereocenters. The molecule has 0 radical (unpaired) electrons. The highest BCUT2D eigenvalue weighted by Gasteiger charge is 2.27. The van der Waals surface area contributed by atoms with Gasteiger partial charge in [0, 0.05) is 17.5 Å². The van der Waals surface area contributed by atoms with Crippen LogP contribution in [-0.4, -0.2) is 37.0 Å². The van der Waals surface area contributed by atoms with Crippen molar-refractivity contribution >= 4 is 17.5 Å². The number of piperidine rings is 1. The summed E-state index contributed by atoms with van der Waals surface area (Å²) in [7, 11) is 0. The molecule has 4 nitrogen and oxygen atoms in total. The average molecular weight is 467 g/mol. The second kappa shape index (κ2) is 11.3. The van der Waals surface area contributed by atoms with Crippen molar-refractivity contribution in [2.24, 2.45) is 5.92 Å². The van der Waals surface area contributed by atoms with Crippen LogP contribution in [0.1, 0.15) is 30.0 Å². The second-order valence-electron chi connectivity index (χ2n) is 8.32. The van der Waals surface area contributed by atoms with Gasteiger partial charge in [-0.1, -0.05) is 54.1 Å². The van der Waals surface area contributed by atoms with Crippen LogP contribution in [0.5, 0.6) is 5.75 Å². The van der Waals surface area contributed by atoms with Crippen molar-refractivity contribution in [3.05, 3.63) is 101 Å². The number of halogens is 2. The normalized spacial score (nSPS) is 15.7. The maximum Gasteiger partial charge on any atom is 0.223 e. The molecule has 0 bridgehead atoms. The first kappa shape index (κ1) is 23.3. The van der Waals surface area contributed by atoms with Gasteiger partial charge < -0.3 is 10.1 Å². The van der Waals surface area contributed by atoms with E-state index in [0.717, 1.165) is 49.4 Å². The van der Waals surface area contributed by atoms with Crippen LogP contribution in [0.25, 0.3) is 0 Å². The summed E-state index contributed by atoms with van der Waals surface area (Å²) in [6.45, 7) is 3.19. The number of nitrogens with zero attached hydrogens (tertiary/aromatic N) is 1. The second-order valence-corrected chi connectivity index (χ2v) is 8.76. The molecule has 1 N–H and O–H groups in total. The Bertz CT molecular complexity index is 975. The van der Waals surface area contributed by atoms with Crippen LogP contribution < -0.4 is 10.1 Å². The van der Waals surface area contributed by atoms with E-state index in [-0.39, 0.29) is 23.7 Å². The molecule has 33 heavy (non-hydrogen) atoms. The number of hydrogen-bond donors (Lipinski definition) is 1. The minimum absolute atomic E-state index is 0.0273. The highest BCUT2D eigenvalue weighted by atomic mass is 35.5. The smallest absolute Gasteiger partial charge is 0.223 e. The van der Waals surface area contributed by atoms with Crippen LogP contribution in [0, 0.1) is 11.7 Å². The van der Waals surface area contributed by atoms with Crippen LogP contribution in [0.15, 0.2) is 78.9 Å². The molecule has 0 spiro atoms. The van der Waals surface area contributed by atoms with Crippen molar-refractivity contribution < 1.29 is 13.9 Å². The molecule has 1 aliphatic rings. The Hall–Kier alpha value is -2.89. The van der Waals surface area contributed by atoms with E-state index in [1.807, 2.05) is 42.5 Å². The van der Waals surface area contributed by atoms with Gasteiger partial charge in [-0.25, -0.2) is 4.39 Å². The fourth-order valence-electron chi connectivity index (χ4n) is 4.16. The van der Waals surface area contributed by atoms with E-state index in [4.69, 9.17) is 16.3 Å². The fourth-order valence-corrected chi connectivity index (χ4v) is 4.28. The molecule has 4 rings (SSSR count). The molecule has 6 heteroatoms. The maximum atomic E-state index is 13.5. The number of para-hydroxylation sites is 1. The lowest BCUT2D eigenvalue weighted by molar-refractivity contribution is -0.127. The largest absolute Gasteiger partial charge is 0.492 e. The number of carbonyl (C=O) groups excluding carboxylic acids is 1. The van der Waals surface area contributed by atoms with Crippen LogP contribution in [0.3, 0.4) is 0 Å². The van der Waals surface area contributed by atoms with Gasteiger partial charge in [0.05, 0.1) is 6.04 Å². The van der Waals surface area contributed by atoms with Crippen molar-refractivity contribution in [2.45, 2.75) is 18.9 Å². The number of amides is 1. The first-order chi connectivity index (χ1) is 16.1. The molecule has 1 saturated heterocycles. The van der Waals surface area contributed by atoms with E-state index >= 15 is 0 Å². The molecule has 0 unspecified atom stereocenters. The zero-order valence-electron chi connectivity index (χ0n) is 18.4. The lowest BCUT2D eigenvalue weighted by Gasteiger charge is -2.32. The molecule has 0 saturated carbocycles. The number of hydrogen-bond acceptors (Lipinski definition) is 3. The lowest BCUT2D eigenvalue weighted by Crippen LogP contribution is -2.42. The lowest BCUT2D eigenvalue weighted by atomic mass is 9.93. The van der Waals surface area contributed by atoms with E-state index in [0.29, 0.717) is 11.6 Å². The number of nitrogens with one attached hydrogen (secondary N) is 1. The van der Waals surface area contributed by atoms with Crippen molar-refractivity contribution in [1.29, 1.82) is 0 Å². The van der Waals surface area contributed by atoms with Gasteiger partial charge in [-0.15, -0.1) is 0 Å². The molecule has 3 aromatic rings. The monoisotopic (exact) mass is 466 g/mol. The minimum atomic E-state index is -0.354. The standard InChI is InChI=1S/C27H28ClFN2O2/c28-23-10-6-20(7-11-23)26(21-8-12-24(29)13-9-21)30-27(32)22-14-16-31(17-15-22)18-19-33-25-4-2-1-3-5-25/h1-13,22,26H,14-19H2,(H,30,32)/t26-/m1/s1. The summed E-state index contributed by atoms with van der Waals surface area (Å²) in [4.78, 5) is 15.5. The van der Waals surface area contributed by atoms with Gasteiger partial charge in [0.15, 0.2) is 0 Å². The molecule has 1 fully saturated rings. The van der Waals surface area contributed by atoms with Gasteiger partial charge >= 0.3 is 0 Å². The summed E-state index contributed by atoms with van der Waals surface area (Å²) < 4.78 is 19.3. The van der Waals surface area contributed by atoms with Crippen molar-refractivity contribution in [1.82, 2.24) is 10.2 Å². The number of benzene rings is 3. The first-order valence-electron chi connectivity index (χ1n) is 11.3. The van der Waals surface area contributed by atoms with Crippen molar-refractivity contribution in [3.63, 3.8) is 0 Å². The third kappa shape index (κ3) is 6.56. The third-order valence-corrected chi connectivity index (χ3v) is 6.32. The van der Waals surface area contributed by atoms with Crippen molar-refractivity contribution in [3.8, 4) is 5.75 Å². The van der Waals surface area contributed by atoms with Gasteiger partial charge in [0.25, 0.3) is 0 Å². The average Bonchev–Trinajstić information content (AvgIpc) is 2.85. The quantitative estimate of drug-likeness (QED) is 0.478. The Morgan fingerprint density at radius 2 is 1.58 bits per heavy atom. The molecule has 172 valence electrons. The highest BCUT2D eigenvalue weighted by Crippen LogP contribution is 2.26. The number of ether oxygens (including phenoxy) is 1. The third-order valence-electron chi connectivity index (χ3n) is 6.07. The molecule has 1 heterocycles. The summed E-state index contributed by atoms with van der Waals surface area (Å²) in [5.74, 6) is 0.551. The fraction of sp³-hybridized carbons (Fsp3) is 0.296. The molecule has 3 aromatic carbocycles. The SMILES string of the molecule is O=C(N[C@@H](c1ccc(F)cc1)c1ccc(Cl)cc1)C1CCN(CCOc2ccccc2)CC1. The molecule has 0 aliphatic carbocycles. The van der Waals surface area contributed by atoms with Gasteiger partial charge in [-0.05, 0) is 73.5 Å². The Morgan fingerprint density at radius 3 is 2.21 bits per heavy atom. The van der Waals surface area contributed by atoms with E-state index < -0.39 is 0 Å². The highest BCUT2D eigenvalue weighted by molar-refractivity contribution is 6.30. The van der Waals surface area contributed by atoms with E-state index in [1.54, 1.807) is 24.3 Å². The Kier molecular flexibility index (Phi) is 7.97. The van der Waals surface area contributed by atoms with Gasteiger partial charge in [-0.2, -0.15) is 0 Å². The Morgan fingerprint density at radius 1 is 0.970 bits per heavy atom. The molecule has 1 aliphatic heterocycles. The van der Waals surface area contributed by atoms with E-state index in [9.17, 15) is 9.18 Å². The predicted octanol–water partition coefficient (Wildman–Crippen LogP) is 5.48. The summed E-state index contributed by atoms with van der Waals surface area (Å²) in [5, 5.41) is 3.82. The summed E-state index contributed by atoms with van der Waals surface area (Å²) in [5.41, 5.74) is 1.75. The minimum Gasteiger partial charge on any atom is -0.492 e. The topological polar surface area (TPSA) is 41.6 Å². The van der Waals surface area contributed by atoms with Crippen LogP contribution in [0.2, 0.25) is 5.02 Å². The number of rotatable bonds is 8. The Labute approximate surface area is 199 Å². The van der Waals surface area contributed by atoms with Crippen molar-refractivity contribution in [2.75, 3.05) is 26.2 Å².